The standard InChI is InChI=1S/C11H23N3O/c1-9(12)10(15)14(4)8-11(13(2)3)6-5-7-11/h9H,5-8,12H2,1-4H3/t9-/m0/s1. The summed E-state index contributed by atoms with van der Waals surface area (Å²) >= 11 is 0. The number of hydrogen-bond donors (Lipinski definition) is 1. The van der Waals surface area contributed by atoms with Crippen molar-refractivity contribution in [2.45, 2.75) is 37.8 Å². The van der Waals surface area contributed by atoms with E-state index in [1.165, 1.54) is 19.3 Å². The van der Waals surface area contributed by atoms with Gasteiger partial charge in [-0.05, 0) is 40.3 Å². The number of nitrogens with zero attached hydrogens (tertiary/aromatic N) is 2. The quantitative estimate of drug-likeness (QED) is 0.729. The summed E-state index contributed by atoms with van der Waals surface area (Å²) < 4.78 is 0. The number of amides is 1. The van der Waals surface area contributed by atoms with Crippen LogP contribution in [0.3, 0.4) is 0 Å². The minimum atomic E-state index is -0.394. The molecule has 1 rings (SSSR count). The van der Waals surface area contributed by atoms with Gasteiger partial charge in [-0.25, -0.2) is 0 Å². The Balaban J connectivity index is 2.56. The van der Waals surface area contributed by atoms with E-state index >= 15 is 0 Å². The molecule has 1 saturated carbocycles. The molecule has 1 fully saturated rings. The summed E-state index contributed by atoms with van der Waals surface area (Å²) in [7, 11) is 6.02. The largest absolute Gasteiger partial charge is 0.343 e. The van der Waals surface area contributed by atoms with E-state index in [1.807, 2.05) is 7.05 Å². The van der Waals surface area contributed by atoms with Crippen LogP contribution < -0.4 is 5.73 Å². The maximum atomic E-state index is 11.7. The normalized spacial score (nSPS) is 20.9. The highest BCUT2D eigenvalue weighted by Gasteiger charge is 2.40. The Bertz CT molecular complexity index is 234. The molecule has 0 aromatic rings. The topological polar surface area (TPSA) is 49.6 Å². The Hall–Kier alpha value is -0.610. The molecule has 1 aliphatic rings. The van der Waals surface area contributed by atoms with Gasteiger partial charge in [-0.2, -0.15) is 0 Å². The lowest BCUT2D eigenvalue weighted by Crippen LogP contribution is -2.58. The van der Waals surface area contributed by atoms with Crippen LogP contribution in [0, 0.1) is 0 Å². The summed E-state index contributed by atoms with van der Waals surface area (Å²) in [6, 6.07) is -0.394. The molecule has 0 aliphatic heterocycles. The van der Waals surface area contributed by atoms with Gasteiger partial charge in [0, 0.05) is 19.1 Å². The predicted molar refractivity (Wildman–Crippen MR) is 61.6 cm³/mol. The van der Waals surface area contributed by atoms with Crippen molar-refractivity contribution in [3.8, 4) is 0 Å². The summed E-state index contributed by atoms with van der Waals surface area (Å²) in [6.45, 7) is 2.53. The zero-order valence-corrected chi connectivity index (χ0v) is 10.3. The first-order valence-electron chi connectivity index (χ1n) is 5.57. The summed E-state index contributed by atoms with van der Waals surface area (Å²) in [6.07, 6.45) is 3.62. The van der Waals surface area contributed by atoms with Crippen LogP contribution >= 0.6 is 0 Å². The van der Waals surface area contributed by atoms with Crippen LogP contribution in [0.2, 0.25) is 0 Å². The van der Waals surface area contributed by atoms with Crippen molar-refractivity contribution in [1.82, 2.24) is 9.80 Å². The SMILES string of the molecule is C[C@H](N)C(=O)N(C)CC1(N(C)C)CCC1. The van der Waals surface area contributed by atoms with Crippen LogP contribution in [0.15, 0.2) is 0 Å². The average molecular weight is 213 g/mol. The van der Waals surface area contributed by atoms with Crippen molar-refractivity contribution in [3.05, 3.63) is 0 Å². The van der Waals surface area contributed by atoms with Crippen LogP contribution in [0.1, 0.15) is 26.2 Å². The number of carbonyl (C=O) groups excluding carboxylic acids is 1. The van der Waals surface area contributed by atoms with Gasteiger partial charge in [-0.1, -0.05) is 0 Å². The molecule has 15 heavy (non-hydrogen) atoms. The van der Waals surface area contributed by atoms with E-state index in [0.29, 0.717) is 0 Å². The lowest BCUT2D eigenvalue weighted by atomic mass is 9.75. The van der Waals surface area contributed by atoms with E-state index < -0.39 is 6.04 Å². The van der Waals surface area contributed by atoms with E-state index in [4.69, 9.17) is 5.73 Å². The molecule has 2 N–H and O–H groups in total. The molecule has 88 valence electrons. The number of carbonyl (C=O) groups is 1. The minimum absolute atomic E-state index is 0.0307. The van der Waals surface area contributed by atoms with Crippen molar-refractivity contribution in [1.29, 1.82) is 0 Å². The predicted octanol–water partition coefficient (Wildman–Crippen LogP) is 0.276. The van der Waals surface area contributed by atoms with E-state index in [1.54, 1.807) is 11.8 Å². The van der Waals surface area contributed by atoms with E-state index in [9.17, 15) is 4.79 Å². The van der Waals surface area contributed by atoms with Crippen molar-refractivity contribution >= 4 is 5.91 Å². The summed E-state index contributed by atoms with van der Waals surface area (Å²) in [4.78, 5) is 15.7. The van der Waals surface area contributed by atoms with Gasteiger partial charge in [0.2, 0.25) is 5.91 Å². The molecule has 1 amide bonds. The maximum absolute atomic E-state index is 11.7. The van der Waals surface area contributed by atoms with Crippen molar-refractivity contribution in [2.75, 3.05) is 27.7 Å². The Kier molecular flexibility index (Phi) is 3.73. The molecule has 4 heteroatoms. The van der Waals surface area contributed by atoms with Gasteiger partial charge < -0.3 is 15.5 Å². The first kappa shape index (κ1) is 12.5. The lowest BCUT2D eigenvalue weighted by Gasteiger charge is -2.49. The molecular weight excluding hydrogens is 190 g/mol. The second-order valence-electron chi connectivity index (χ2n) is 4.96. The fourth-order valence-electron chi connectivity index (χ4n) is 2.20. The van der Waals surface area contributed by atoms with Crippen molar-refractivity contribution < 1.29 is 4.79 Å². The third-order valence-electron chi connectivity index (χ3n) is 3.53. The summed E-state index contributed by atoms with van der Waals surface area (Å²) in [5.41, 5.74) is 5.78. The fraction of sp³-hybridized carbons (Fsp3) is 0.909. The van der Waals surface area contributed by atoms with Gasteiger partial charge in [-0.15, -0.1) is 0 Å². The Labute approximate surface area is 92.4 Å². The smallest absolute Gasteiger partial charge is 0.239 e. The molecule has 0 radical (unpaired) electrons. The molecule has 0 spiro atoms. The van der Waals surface area contributed by atoms with Crippen molar-refractivity contribution in [3.63, 3.8) is 0 Å². The first-order chi connectivity index (χ1) is 6.89. The van der Waals surface area contributed by atoms with Gasteiger partial charge >= 0.3 is 0 Å². The third-order valence-corrected chi connectivity index (χ3v) is 3.53. The zero-order chi connectivity index (χ0) is 11.6. The highest BCUT2D eigenvalue weighted by atomic mass is 16.2. The van der Waals surface area contributed by atoms with Crippen LogP contribution in [0.25, 0.3) is 0 Å². The van der Waals surface area contributed by atoms with Crippen LogP contribution in [0.4, 0.5) is 0 Å². The van der Waals surface area contributed by atoms with Gasteiger partial charge in [0.15, 0.2) is 0 Å². The van der Waals surface area contributed by atoms with Crippen LogP contribution in [0.5, 0.6) is 0 Å². The number of likely N-dealkylation sites (N-methyl/N-ethyl adjacent to an activating group) is 2. The number of nitrogens with two attached hydrogens (primary N) is 1. The highest BCUT2D eigenvalue weighted by molar-refractivity contribution is 5.81. The second kappa shape index (κ2) is 4.49. The molecule has 0 heterocycles. The lowest BCUT2D eigenvalue weighted by molar-refractivity contribution is -0.133. The molecule has 1 atom stereocenters. The van der Waals surface area contributed by atoms with Gasteiger partial charge in [0.05, 0.1) is 6.04 Å². The summed E-state index contributed by atoms with van der Waals surface area (Å²) in [5, 5.41) is 0. The minimum Gasteiger partial charge on any atom is -0.343 e. The molecule has 0 aromatic heterocycles. The average Bonchev–Trinajstić information content (AvgIpc) is 2.08. The zero-order valence-electron chi connectivity index (χ0n) is 10.3. The monoisotopic (exact) mass is 213 g/mol. The van der Waals surface area contributed by atoms with Gasteiger partial charge in [0.1, 0.15) is 0 Å². The van der Waals surface area contributed by atoms with E-state index in [2.05, 4.69) is 19.0 Å². The Morgan fingerprint density at radius 3 is 2.20 bits per heavy atom. The van der Waals surface area contributed by atoms with Gasteiger partial charge in [0.25, 0.3) is 0 Å². The Morgan fingerprint density at radius 2 is 1.93 bits per heavy atom. The molecule has 0 saturated heterocycles. The number of rotatable bonds is 4. The molecule has 0 bridgehead atoms. The van der Waals surface area contributed by atoms with Gasteiger partial charge in [-0.3, -0.25) is 4.79 Å². The highest BCUT2D eigenvalue weighted by Crippen LogP contribution is 2.36. The maximum Gasteiger partial charge on any atom is 0.239 e. The van der Waals surface area contributed by atoms with E-state index in [-0.39, 0.29) is 11.4 Å². The van der Waals surface area contributed by atoms with Crippen LogP contribution in [-0.2, 0) is 4.79 Å². The molecule has 0 unspecified atom stereocenters. The third kappa shape index (κ3) is 2.49. The Morgan fingerprint density at radius 1 is 1.40 bits per heavy atom. The molecule has 4 nitrogen and oxygen atoms in total. The first-order valence-corrected chi connectivity index (χ1v) is 5.57. The summed E-state index contributed by atoms with van der Waals surface area (Å²) in [5.74, 6) is 0.0307. The molecular formula is C11H23N3O. The fourth-order valence-corrected chi connectivity index (χ4v) is 2.20. The van der Waals surface area contributed by atoms with Crippen molar-refractivity contribution in [2.24, 2.45) is 5.73 Å². The number of hydrogen-bond acceptors (Lipinski definition) is 3. The second-order valence-corrected chi connectivity index (χ2v) is 4.96. The van der Waals surface area contributed by atoms with E-state index in [0.717, 1.165) is 6.54 Å². The molecule has 0 aromatic carbocycles. The molecule has 1 aliphatic carbocycles. The van der Waals surface area contributed by atoms with Crippen LogP contribution in [-0.4, -0.2) is 55.0 Å².